The standard InChI is InChI=1S/C15H14O5.C12H10O2/c16-10-4-1-9(2-5-10)3-6-12(18)15-13(19)7-11(17)8-14(15)20;13-11-7-3-1-5-9(11)10-6-2-4-8-12(10)14/h1-2,4-5,7-8,16-17,19-20H,3,6H2;1-8,13-14H. The lowest BCUT2D eigenvalue weighted by molar-refractivity contribution is 0.0977. The fraction of sp³-hybridized carbons (Fsp3) is 0.0741. The Balaban J connectivity index is 0.000000202. The average Bonchev–Trinajstić information content (AvgIpc) is 2.79. The van der Waals surface area contributed by atoms with E-state index in [1.165, 1.54) is 12.1 Å². The number of Topliss-reactive ketones (excluding diaryl/α,β-unsaturated/α-hetero) is 1. The van der Waals surface area contributed by atoms with Crippen molar-refractivity contribution in [2.75, 3.05) is 0 Å². The first-order valence-electron chi connectivity index (χ1n) is 10.4. The van der Waals surface area contributed by atoms with E-state index in [9.17, 15) is 30.3 Å². The first-order chi connectivity index (χ1) is 16.3. The van der Waals surface area contributed by atoms with E-state index in [0.717, 1.165) is 17.7 Å². The van der Waals surface area contributed by atoms with E-state index in [4.69, 9.17) is 5.11 Å². The molecule has 4 aromatic carbocycles. The van der Waals surface area contributed by atoms with Crippen LogP contribution in [0.2, 0.25) is 0 Å². The fourth-order valence-corrected chi connectivity index (χ4v) is 3.33. The molecule has 0 atom stereocenters. The molecule has 0 unspecified atom stereocenters. The summed E-state index contributed by atoms with van der Waals surface area (Å²) in [7, 11) is 0. The molecule has 0 aliphatic rings. The van der Waals surface area contributed by atoms with Gasteiger partial charge in [-0.05, 0) is 36.2 Å². The number of carbonyl (C=O) groups excluding carboxylic acids is 1. The van der Waals surface area contributed by atoms with Crippen LogP contribution < -0.4 is 0 Å². The van der Waals surface area contributed by atoms with Gasteiger partial charge in [0.1, 0.15) is 40.1 Å². The quantitative estimate of drug-likeness (QED) is 0.228. The van der Waals surface area contributed by atoms with Crippen LogP contribution in [-0.2, 0) is 6.42 Å². The summed E-state index contributed by atoms with van der Waals surface area (Å²) < 4.78 is 0. The van der Waals surface area contributed by atoms with Gasteiger partial charge in [-0.15, -0.1) is 0 Å². The SMILES string of the molecule is O=C(CCc1ccc(O)cc1)c1c(O)cc(O)cc1O.Oc1ccccc1-c1ccccc1O. The van der Waals surface area contributed by atoms with Gasteiger partial charge < -0.3 is 30.6 Å². The van der Waals surface area contributed by atoms with Crippen LogP contribution in [0.1, 0.15) is 22.3 Å². The molecule has 34 heavy (non-hydrogen) atoms. The number of para-hydroxylation sites is 2. The van der Waals surface area contributed by atoms with E-state index in [-0.39, 0.29) is 35.0 Å². The number of aromatic hydroxyl groups is 6. The minimum absolute atomic E-state index is 0.0939. The van der Waals surface area contributed by atoms with Crippen molar-refractivity contribution in [2.24, 2.45) is 0 Å². The van der Waals surface area contributed by atoms with Gasteiger partial charge >= 0.3 is 0 Å². The van der Waals surface area contributed by atoms with Crippen LogP contribution in [-0.4, -0.2) is 36.4 Å². The first kappa shape index (κ1) is 24.0. The monoisotopic (exact) mass is 460 g/mol. The normalized spacial score (nSPS) is 10.2. The predicted octanol–water partition coefficient (Wildman–Crippen LogP) is 5.09. The molecular formula is C27H24O7. The molecule has 0 fully saturated rings. The van der Waals surface area contributed by atoms with Gasteiger partial charge in [0.05, 0.1) is 0 Å². The number of phenols is 6. The van der Waals surface area contributed by atoms with Crippen molar-refractivity contribution in [3.63, 3.8) is 0 Å². The second kappa shape index (κ2) is 10.8. The summed E-state index contributed by atoms with van der Waals surface area (Å²) >= 11 is 0. The third-order valence-electron chi connectivity index (χ3n) is 5.04. The van der Waals surface area contributed by atoms with E-state index in [1.54, 1.807) is 48.5 Å². The number of benzene rings is 4. The fourth-order valence-electron chi connectivity index (χ4n) is 3.33. The minimum Gasteiger partial charge on any atom is -0.508 e. The third-order valence-corrected chi connectivity index (χ3v) is 5.04. The van der Waals surface area contributed by atoms with Gasteiger partial charge in [-0.1, -0.05) is 48.5 Å². The van der Waals surface area contributed by atoms with Crippen molar-refractivity contribution >= 4 is 5.78 Å². The van der Waals surface area contributed by atoms with Crippen LogP contribution in [0.15, 0.2) is 84.9 Å². The van der Waals surface area contributed by atoms with Crippen LogP contribution in [0.5, 0.6) is 34.5 Å². The smallest absolute Gasteiger partial charge is 0.170 e. The van der Waals surface area contributed by atoms with Gasteiger partial charge in [0.2, 0.25) is 0 Å². The van der Waals surface area contributed by atoms with Crippen LogP contribution in [0.4, 0.5) is 0 Å². The predicted molar refractivity (Wildman–Crippen MR) is 127 cm³/mol. The second-order valence-corrected chi connectivity index (χ2v) is 7.48. The van der Waals surface area contributed by atoms with Crippen LogP contribution in [0.3, 0.4) is 0 Å². The Bertz CT molecular complexity index is 1210. The molecule has 4 aromatic rings. The molecule has 0 radical (unpaired) electrons. The Kier molecular flexibility index (Phi) is 7.61. The lowest BCUT2D eigenvalue weighted by Crippen LogP contribution is -2.02. The molecule has 0 aromatic heterocycles. The van der Waals surface area contributed by atoms with E-state index in [2.05, 4.69) is 0 Å². The third kappa shape index (κ3) is 5.98. The highest BCUT2D eigenvalue weighted by atomic mass is 16.3. The number of phenolic OH excluding ortho intramolecular Hbond substituents is 6. The maximum absolute atomic E-state index is 12.0. The highest BCUT2D eigenvalue weighted by Gasteiger charge is 2.17. The number of carbonyl (C=O) groups is 1. The molecule has 4 rings (SSSR count). The van der Waals surface area contributed by atoms with Crippen molar-refractivity contribution in [1.29, 1.82) is 0 Å². The lowest BCUT2D eigenvalue weighted by Gasteiger charge is -2.07. The maximum Gasteiger partial charge on any atom is 0.170 e. The van der Waals surface area contributed by atoms with Crippen molar-refractivity contribution in [1.82, 2.24) is 0 Å². The number of aryl methyl sites for hydroxylation is 1. The molecule has 0 saturated carbocycles. The Labute approximate surface area is 196 Å². The number of hydrogen-bond donors (Lipinski definition) is 6. The van der Waals surface area contributed by atoms with Crippen LogP contribution in [0, 0.1) is 0 Å². The van der Waals surface area contributed by atoms with Crippen molar-refractivity contribution in [3.05, 3.63) is 96.1 Å². The summed E-state index contributed by atoms with van der Waals surface area (Å²) in [4.78, 5) is 12.0. The zero-order valence-electron chi connectivity index (χ0n) is 18.1. The van der Waals surface area contributed by atoms with Gasteiger partial charge in [-0.25, -0.2) is 0 Å². The van der Waals surface area contributed by atoms with Gasteiger partial charge in [0.25, 0.3) is 0 Å². The molecule has 0 spiro atoms. The first-order valence-corrected chi connectivity index (χ1v) is 10.4. The molecular weight excluding hydrogens is 436 g/mol. The minimum atomic E-state index is -0.446. The van der Waals surface area contributed by atoms with Crippen molar-refractivity contribution < 1.29 is 35.4 Å². The van der Waals surface area contributed by atoms with E-state index in [1.807, 2.05) is 12.1 Å². The van der Waals surface area contributed by atoms with E-state index >= 15 is 0 Å². The number of hydrogen-bond acceptors (Lipinski definition) is 7. The topological polar surface area (TPSA) is 138 Å². The van der Waals surface area contributed by atoms with Crippen molar-refractivity contribution in [3.8, 4) is 45.6 Å². The number of ketones is 1. The van der Waals surface area contributed by atoms with Gasteiger partial charge in [0, 0.05) is 29.7 Å². The highest BCUT2D eigenvalue weighted by Crippen LogP contribution is 2.34. The molecule has 7 heteroatoms. The molecule has 0 heterocycles. The summed E-state index contributed by atoms with van der Waals surface area (Å²) in [6.07, 6.45) is 0.509. The molecule has 174 valence electrons. The van der Waals surface area contributed by atoms with Gasteiger partial charge in [0.15, 0.2) is 5.78 Å². The van der Waals surface area contributed by atoms with E-state index in [0.29, 0.717) is 17.5 Å². The molecule has 0 aliphatic heterocycles. The molecule has 6 N–H and O–H groups in total. The molecule has 0 saturated heterocycles. The molecule has 7 nitrogen and oxygen atoms in total. The largest absolute Gasteiger partial charge is 0.508 e. The lowest BCUT2D eigenvalue weighted by atomic mass is 10.0. The summed E-state index contributed by atoms with van der Waals surface area (Å²) in [5.74, 6) is -1.13. The Hall–Kier alpha value is -4.65. The summed E-state index contributed by atoms with van der Waals surface area (Å²) in [6, 6.07) is 22.3. The number of rotatable bonds is 5. The molecule has 0 aliphatic carbocycles. The molecule has 0 bridgehead atoms. The zero-order valence-corrected chi connectivity index (χ0v) is 18.1. The summed E-state index contributed by atoms with van der Waals surface area (Å²) in [5, 5.41) is 56.7. The van der Waals surface area contributed by atoms with E-state index < -0.39 is 17.3 Å². The Morgan fingerprint density at radius 1 is 0.559 bits per heavy atom. The Morgan fingerprint density at radius 2 is 1.03 bits per heavy atom. The summed E-state index contributed by atoms with van der Waals surface area (Å²) in [6.45, 7) is 0. The van der Waals surface area contributed by atoms with Crippen LogP contribution in [0.25, 0.3) is 11.1 Å². The maximum atomic E-state index is 12.0. The zero-order chi connectivity index (χ0) is 24.7. The molecule has 0 amide bonds. The Morgan fingerprint density at radius 3 is 1.50 bits per heavy atom. The van der Waals surface area contributed by atoms with Crippen LogP contribution >= 0.6 is 0 Å². The van der Waals surface area contributed by atoms with Crippen molar-refractivity contribution in [2.45, 2.75) is 12.8 Å². The second-order valence-electron chi connectivity index (χ2n) is 7.48. The summed E-state index contributed by atoms with van der Waals surface area (Å²) in [5.41, 5.74) is 1.95. The van der Waals surface area contributed by atoms with Gasteiger partial charge in [-0.3, -0.25) is 4.79 Å². The average molecular weight is 460 g/mol. The highest BCUT2D eigenvalue weighted by molar-refractivity contribution is 6.01. The van der Waals surface area contributed by atoms with Gasteiger partial charge in [-0.2, -0.15) is 0 Å².